The molecule has 0 atom stereocenters. The van der Waals surface area contributed by atoms with Gasteiger partial charge in [-0.15, -0.1) is 0 Å². The number of benzene rings is 1. The standard InChI is InChI=1S/C24H23N5O2/c30-24(27-22-8-1-2-9-25-22)20-7-4-10-29-17-21(26-23(20)29)19-6-3-5-18(15-19)16-28-11-13-31-14-12-28/h1-10,15,17H,11-14,16H2,(H,25,27,30). The first-order chi connectivity index (χ1) is 15.3. The number of carbonyl (C=O) groups excluding carboxylic acids is 1. The number of rotatable bonds is 5. The van der Waals surface area contributed by atoms with Crippen LogP contribution in [0.3, 0.4) is 0 Å². The summed E-state index contributed by atoms with van der Waals surface area (Å²) in [7, 11) is 0. The summed E-state index contributed by atoms with van der Waals surface area (Å²) in [4.78, 5) is 24.2. The molecule has 1 amide bonds. The molecule has 0 aliphatic carbocycles. The van der Waals surface area contributed by atoms with E-state index in [0.29, 0.717) is 17.0 Å². The van der Waals surface area contributed by atoms with Crippen LogP contribution < -0.4 is 5.32 Å². The zero-order chi connectivity index (χ0) is 21.0. The molecule has 1 saturated heterocycles. The van der Waals surface area contributed by atoms with Gasteiger partial charge in [-0.1, -0.05) is 24.3 Å². The third-order valence-electron chi connectivity index (χ3n) is 5.37. The van der Waals surface area contributed by atoms with Crippen molar-refractivity contribution >= 4 is 17.4 Å². The Morgan fingerprint density at radius 3 is 2.81 bits per heavy atom. The molecule has 0 saturated carbocycles. The highest BCUT2D eigenvalue weighted by Gasteiger charge is 2.15. The molecule has 4 heterocycles. The van der Waals surface area contributed by atoms with Crippen molar-refractivity contribution in [3.63, 3.8) is 0 Å². The second kappa shape index (κ2) is 8.67. The number of pyridine rings is 2. The van der Waals surface area contributed by atoms with Crippen molar-refractivity contribution in [3.05, 3.63) is 84.3 Å². The molecule has 156 valence electrons. The summed E-state index contributed by atoms with van der Waals surface area (Å²) in [6.07, 6.45) is 5.51. The van der Waals surface area contributed by atoms with Gasteiger partial charge in [-0.3, -0.25) is 9.69 Å². The maximum Gasteiger partial charge on any atom is 0.260 e. The lowest BCUT2D eigenvalue weighted by Crippen LogP contribution is -2.35. The first-order valence-corrected chi connectivity index (χ1v) is 10.4. The minimum Gasteiger partial charge on any atom is -0.379 e. The van der Waals surface area contributed by atoms with Gasteiger partial charge in [0, 0.05) is 43.8 Å². The molecule has 0 bridgehead atoms. The molecular weight excluding hydrogens is 390 g/mol. The number of imidazole rings is 1. The molecule has 0 spiro atoms. The van der Waals surface area contributed by atoms with Gasteiger partial charge in [0.2, 0.25) is 0 Å². The maximum atomic E-state index is 12.8. The SMILES string of the molecule is O=C(Nc1ccccn1)c1cccn2cc(-c3cccc(CN4CCOCC4)c3)nc12. The van der Waals surface area contributed by atoms with Gasteiger partial charge in [0.25, 0.3) is 5.91 Å². The lowest BCUT2D eigenvalue weighted by molar-refractivity contribution is 0.0342. The average Bonchev–Trinajstić information content (AvgIpc) is 3.25. The quantitative estimate of drug-likeness (QED) is 0.542. The van der Waals surface area contributed by atoms with Crippen molar-refractivity contribution in [2.75, 3.05) is 31.6 Å². The first-order valence-electron chi connectivity index (χ1n) is 10.4. The molecule has 5 rings (SSSR count). The minimum atomic E-state index is -0.234. The Morgan fingerprint density at radius 1 is 1.06 bits per heavy atom. The highest BCUT2D eigenvalue weighted by Crippen LogP contribution is 2.23. The van der Waals surface area contributed by atoms with E-state index in [2.05, 4.69) is 39.5 Å². The summed E-state index contributed by atoms with van der Waals surface area (Å²) in [5.74, 6) is 0.277. The molecule has 1 aliphatic heterocycles. The first kappa shape index (κ1) is 19.4. The Labute approximate surface area is 180 Å². The second-order valence-corrected chi connectivity index (χ2v) is 7.54. The number of ether oxygens (including phenoxy) is 1. The van der Waals surface area contributed by atoms with E-state index in [1.807, 2.05) is 35.0 Å². The number of hydrogen-bond donors (Lipinski definition) is 1. The van der Waals surface area contributed by atoms with Crippen molar-refractivity contribution in [2.45, 2.75) is 6.54 Å². The fourth-order valence-electron chi connectivity index (χ4n) is 3.80. The van der Waals surface area contributed by atoms with Crippen LogP contribution in [0.1, 0.15) is 15.9 Å². The number of fused-ring (bicyclic) bond motifs is 1. The van der Waals surface area contributed by atoms with Crippen LogP contribution >= 0.6 is 0 Å². The summed E-state index contributed by atoms with van der Waals surface area (Å²) < 4.78 is 7.33. The summed E-state index contributed by atoms with van der Waals surface area (Å²) in [6.45, 7) is 4.37. The van der Waals surface area contributed by atoms with E-state index in [-0.39, 0.29) is 5.91 Å². The van der Waals surface area contributed by atoms with Crippen molar-refractivity contribution in [1.82, 2.24) is 19.3 Å². The molecule has 0 unspecified atom stereocenters. The van der Waals surface area contributed by atoms with E-state index in [1.54, 1.807) is 18.3 Å². The fourth-order valence-corrected chi connectivity index (χ4v) is 3.80. The molecule has 31 heavy (non-hydrogen) atoms. The number of aromatic nitrogens is 3. The van der Waals surface area contributed by atoms with Gasteiger partial charge in [-0.25, -0.2) is 9.97 Å². The van der Waals surface area contributed by atoms with E-state index in [9.17, 15) is 4.79 Å². The molecule has 7 nitrogen and oxygen atoms in total. The van der Waals surface area contributed by atoms with Gasteiger partial charge in [-0.05, 0) is 35.9 Å². The van der Waals surface area contributed by atoms with Crippen LogP contribution in [0.25, 0.3) is 16.9 Å². The summed E-state index contributed by atoms with van der Waals surface area (Å²) in [6, 6.07) is 17.5. The molecule has 0 radical (unpaired) electrons. The summed E-state index contributed by atoms with van der Waals surface area (Å²) in [5, 5.41) is 2.83. The number of anilines is 1. The molecule has 1 aliphatic rings. The molecule has 1 N–H and O–H groups in total. The Kier molecular flexibility index (Phi) is 5.43. The van der Waals surface area contributed by atoms with Crippen molar-refractivity contribution < 1.29 is 9.53 Å². The topological polar surface area (TPSA) is 71.8 Å². The van der Waals surface area contributed by atoms with E-state index in [4.69, 9.17) is 9.72 Å². The van der Waals surface area contributed by atoms with Crippen LogP contribution in [0.15, 0.2) is 73.2 Å². The van der Waals surface area contributed by atoms with Gasteiger partial charge in [0.15, 0.2) is 0 Å². The van der Waals surface area contributed by atoms with Gasteiger partial charge in [0.1, 0.15) is 11.5 Å². The van der Waals surface area contributed by atoms with E-state index in [0.717, 1.165) is 44.1 Å². The highest BCUT2D eigenvalue weighted by molar-refractivity contribution is 6.08. The van der Waals surface area contributed by atoms with E-state index < -0.39 is 0 Å². The largest absolute Gasteiger partial charge is 0.379 e. The number of morpholine rings is 1. The Morgan fingerprint density at radius 2 is 1.97 bits per heavy atom. The monoisotopic (exact) mass is 413 g/mol. The van der Waals surface area contributed by atoms with Crippen LogP contribution in [-0.4, -0.2) is 51.5 Å². The van der Waals surface area contributed by atoms with Gasteiger partial charge >= 0.3 is 0 Å². The smallest absolute Gasteiger partial charge is 0.260 e. The zero-order valence-electron chi connectivity index (χ0n) is 17.1. The summed E-state index contributed by atoms with van der Waals surface area (Å²) in [5.41, 5.74) is 4.23. The molecule has 1 fully saturated rings. The normalized spacial score (nSPS) is 14.6. The van der Waals surface area contributed by atoms with Crippen molar-refractivity contribution in [2.24, 2.45) is 0 Å². The van der Waals surface area contributed by atoms with Crippen molar-refractivity contribution in [1.29, 1.82) is 0 Å². The van der Waals surface area contributed by atoms with E-state index >= 15 is 0 Å². The molecule has 1 aromatic carbocycles. The number of hydrogen-bond acceptors (Lipinski definition) is 5. The lowest BCUT2D eigenvalue weighted by atomic mass is 10.1. The maximum absolute atomic E-state index is 12.8. The molecule has 4 aromatic rings. The summed E-state index contributed by atoms with van der Waals surface area (Å²) >= 11 is 0. The molecule has 7 heteroatoms. The highest BCUT2D eigenvalue weighted by atomic mass is 16.5. The zero-order valence-corrected chi connectivity index (χ0v) is 17.1. The van der Waals surface area contributed by atoms with Gasteiger partial charge in [0.05, 0.1) is 24.5 Å². The fraction of sp³-hybridized carbons (Fsp3) is 0.208. The lowest BCUT2D eigenvalue weighted by Gasteiger charge is -2.26. The predicted octanol–water partition coefficient (Wildman–Crippen LogP) is 3.48. The van der Waals surface area contributed by atoms with Gasteiger partial charge in [-0.2, -0.15) is 0 Å². The Balaban J connectivity index is 1.42. The number of nitrogens with one attached hydrogen (secondary N) is 1. The number of carbonyl (C=O) groups is 1. The average molecular weight is 413 g/mol. The third-order valence-corrected chi connectivity index (χ3v) is 5.37. The third kappa shape index (κ3) is 4.33. The van der Waals surface area contributed by atoms with Crippen LogP contribution in [0.5, 0.6) is 0 Å². The van der Waals surface area contributed by atoms with Crippen molar-refractivity contribution in [3.8, 4) is 11.3 Å². The molecule has 3 aromatic heterocycles. The van der Waals surface area contributed by atoms with Crippen LogP contribution in [-0.2, 0) is 11.3 Å². The Hall–Kier alpha value is -3.55. The van der Waals surface area contributed by atoms with Gasteiger partial charge < -0.3 is 14.5 Å². The van der Waals surface area contributed by atoms with Crippen LogP contribution in [0.4, 0.5) is 5.82 Å². The van der Waals surface area contributed by atoms with Crippen LogP contribution in [0.2, 0.25) is 0 Å². The molecular formula is C24H23N5O2. The number of nitrogens with zero attached hydrogens (tertiary/aromatic N) is 4. The van der Waals surface area contributed by atoms with E-state index in [1.165, 1.54) is 5.56 Å². The number of amides is 1. The predicted molar refractivity (Wildman–Crippen MR) is 119 cm³/mol. The Bertz CT molecular complexity index is 1200. The second-order valence-electron chi connectivity index (χ2n) is 7.54. The minimum absolute atomic E-state index is 0.234. The van der Waals surface area contributed by atoms with Crippen LogP contribution in [0, 0.1) is 0 Å².